The predicted octanol–water partition coefficient (Wildman–Crippen LogP) is 4.09. The van der Waals surface area contributed by atoms with Gasteiger partial charge in [0.15, 0.2) is 0 Å². The lowest BCUT2D eigenvalue weighted by Crippen LogP contribution is -2.30. The lowest BCUT2D eigenvalue weighted by molar-refractivity contribution is -0.114. The minimum absolute atomic E-state index is 0.210. The Morgan fingerprint density at radius 2 is 1.85 bits per heavy atom. The third-order valence-electron chi connectivity index (χ3n) is 3.50. The molecule has 0 unspecified atom stereocenters. The molecular formula is C15H17BrFNO2. The molecule has 0 aromatic heterocycles. The van der Waals surface area contributed by atoms with E-state index in [1.54, 1.807) is 0 Å². The first-order valence-corrected chi connectivity index (χ1v) is 7.70. The Morgan fingerprint density at radius 3 is 2.55 bits per heavy atom. The van der Waals surface area contributed by atoms with Crippen LogP contribution in [0.3, 0.4) is 0 Å². The maximum absolute atomic E-state index is 13.6. The first-order chi connectivity index (χ1) is 9.56. The van der Waals surface area contributed by atoms with Gasteiger partial charge in [0, 0.05) is 6.54 Å². The Labute approximate surface area is 126 Å². The van der Waals surface area contributed by atoms with Crippen LogP contribution in [0.1, 0.15) is 49.4 Å². The van der Waals surface area contributed by atoms with Crippen molar-refractivity contribution in [1.82, 2.24) is 0 Å². The summed E-state index contributed by atoms with van der Waals surface area (Å²) in [4.78, 5) is 25.2. The second-order valence-corrected chi connectivity index (χ2v) is 5.84. The van der Waals surface area contributed by atoms with E-state index in [1.807, 2.05) is 0 Å². The number of carbonyl (C=O) groups is 2. The maximum Gasteiger partial charge on any atom is 0.299 e. The van der Waals surface area contributed by atoms with E-state index < -0.39 is 17.5 Å². The Balaban J connectivity index is 2.10. The van der Waals surface area contributed by atoms with Gasteiger partial charge in [0.2, 0.25) is 0 Å². The van der Waals surface area contributed by atoms with Crippen LogP contribution in [0.15, 0.2) is 16.6 Å². The monoisotopic (exact) mass is 341 g/mol. The molecule has 3 nitrogen and oxygen atoms in total. The summed E-state index contributed by atoms with van der Waals surface area (Å²) in [6, 6.07) is 2.65. The van der Waals surface area contributed by atoms with Crippen LogP contribution >= 0.6 is 15.9 Å². The van der Waals surface area contributed by atoms with Crippen LogP contribution in [0.25, 0.3) is 0 Å². The number of benzene rings is 1. The molecule has 1 amide bonds. The van der Waals surface area contributed by atoms with E-state index in [4.69, 9.17) is 0 Å². The number of nitrogens with zero attached hydrogens (tertiary/aromatic N) is 1. The fraction of sp³-hybridized carbons (Fsp3) is 0.467. The number of fused-ring (bicyclic) bond motifs is 1. The maximum atomic E-state index is 13.6. The van der Waals surface area contributed by atoms with Crippen molar-refractivity contribution in [2.75, 3.05) is 11.4 Å². The van der Waals surface area contributed by atoms with Gasteiger partial charge in [-0.15, -0.1) is 0 Å². The summed E-state index contributed by atoms with van der Waals surface area (Å²) in [6.45, 7) is 2.61. The molecular weight excluding hydrogens is 325 g/mol. The van der Waals surface area contributed by atoms with Gasteiger partial charge in [-0.25, -0.2) is 4.39 Å². The van der Waals surface area contributed by atoms with Gasteiger partial charge in [-0.2, -0.15) is 0 Å². The van der Waals surface area contributed by atoms with Crippen molar-refractivity contribution in [3.63, 3.8) is 0 Å². The normalized spacial score (nSPS) is 14.1. The summed E-state index contributed by atoms with van der Waals surface area (Å²) in [5.74, 6) is -1.55. The predicted molar refractivity (Wildman–Crippen MR) is 79.5 cm³/mol. The summed E-state index contributed by atoms with van der Waals surface area (Å²) >= 11 is 3.04. The van der Waals surface area contributed by atoms with Gasteiger partial charge in [-0.05, 0) is 34.5 Å². The molecule has 0 saturated heterocycles. The van der Waals surface area contributed by atoms with Gasteiger partial charge in [-0.1, -0.05) is 32.6 Å². The summed E-state index contributed by atoms with van der Waals surface area (Å²) < 4.78 is 13.8. The lowest BCUT2D eigenvalue weighted by atomic mass is 10.1. The van der Waals surface area contributed by atoms with Crippen molar-refractivity contribution in [3.8, 4) is 0 Å². The molecule has 1 aliphatic rings. The SMILES string of the molecule is CCCCCCCN1C(=O)C(=O)c2cc(Br)c(F)cc21. The summed E-state index contributed by atoms with van der Waals surface area (Å²) in [6.07, 6.45) is 5.29. The number of Topliss-reactive ketones (excluding diaryl/α,β-unsaturated/α-hetero) is 1. The number of carbonyl (C=O) groups excluding carboxylic acids is 2. The fourth-order valence-corrected chi connectivity index (χ4v) is 2.73. The van der Waals surface area contributed by atoms with Crippen molar-refractivity contribution >= 4 is 33.3 Å². The Hall–Kier alpha value is -1.23. The number of hydrogen-bond acceptors (Lipinski definition) is 2. The first-order valence-electron chi connectivity index (χ1n) is 6.91. The topological polar surface area (TPSA) is 37.4 Å². The first kappa shape index (κ1) is 15.2. The van der Waals surface area contributed by atoms with E-state index in [0.29, 0.717) is 12.2 Å². The van der Waals surface area contributed by atoms with E-state index in [0.717, 1.165) is 25.7 Å². The third-order valence-corrected chi connectivity index (χ3v) is 4.11. The van der Waals surface area contributed by atoms with E-state index >= 15 is 0 Å². The molecule has 0 atom stereocenters. The van der Waals surface area contributed by atoms with Crippen LogP contribution in [0.2, 0.25) is 0 Å². The second kappa shape index (κ2) is 6.48. The van der Waals surface area contributed by atoms with Crippen LogP contribution in [0, 0.1) is 5.82 Å². The number of rotatable bonds is 6. The van der Waals surface area contributed by atoms with Crippen LogP contribution in [-0.4, -0.2) is 18.2 Å². The molecule has 0 fully saturated rings. The van der Waals surface area contributed by atoms with Gasteiger partial charge >= 0.3 is 0 Å². The third kappa shape index (κ3) is 2.92. The van der Waals surface area contributed by atoms with Crippen molar-refractivity contribution in [1.29, 1.82) is 0 Å². The summed E-state index contributed by atoms with van der Waals surface area (Å²) in [5, 5.41) is 0. The number of anilines is 1. The number of halogens is 2. The van der Waals surface area contributed by atoms with Crippen LogP contribution in [-0.2, 0) is 4.79 Å². The second-order valence-electron chi connectivity index (χ2n) is 4.98. The zero-order valence-corrected chi connectivity index (χ0v) is 13.0. The summed E-state index contributed by atoms with van der Waals surface area (Å²) in [5.41, 5.74) is 0.688. The van der Waals surface area contributed by atoms with Gasteiger partial charge in [0.1, 0.15) is 5.82 Å². The molecule has 2 rings (SSSR count). The smallest absolute Gasteiger partial charge is 0.299 e. The molecule has 0 bridgehead atoms. The Morgan fingerprint density at radius 1 is 1.15 bits per heavy atom. The van der Waals surface area contributed by atoms with Gasteiger partial charge in [0.25, 0.3) is 11.7 Å². The number of unbranched alkanes of at least 4 members (excludes halogenated alkanes) is 4. The van der Waals surface area contributed by atoms with E-state index in [-0.39, 0.29) is 10.0 Å². The highest BCUT2D eigenvalue weighted by Crippen LogP contribution is 2.33. The Bertz CT molecular complexity index is 545. The van der Waals surface area contributed by atoms with E-state index in [9.17, 15) is 14.0 Å². The molecule has 0 N–H and O–H groups in total. The average molecular weight is 342 g/mol. The molecule has 0 aliphatic carbocycles. The van der Waals surface area contributed by atoms with Crippen molar-refractivity contribution < 1.29 is 14.0 Å². The highest BCUT2D eigenvalue weighted by molar-refractivity contribution is 9.10. The molecule has 1 aromatic rings. The molecule has 1 aromatic carbocycles. The highest BCUT2D eigenvalue weighted by Gasteiger charge is 2.36. The van der Waals surface area contributed by atoms with Crippen LogP contribution in [0.4, 0.5) is 10.1 Å². The van der Waals surface area contributed by atoms with Crippen molar-refractivity contribution in [2.45, 2.75) is 39.0 Å². The largest absolute Gasteiger partial charge is 0.305 e. The molecule has 1 heterocycles. The number of ketones is 1. The van der Waals surface area contributed by atoms with Crippen LogP contribution in [0.5, 0.6) is 0 Å². The van der Waals surface area contributed by atoms with Gasteiger partial charge in [0.05, 0.1) is 15.7 Å². The quantitative estimate of drug-likeness (QED) is 0.577. The Kier molecular flexibility index (Phi) is 4.91. The van der Waals surface area contributed by atoms with Crippen molar-refractivity contribution in [3.05, 3.63) is 28.0 Å². The van der Waals surface area contributed by atoms with E-state index in [1.165, 1.54) is 23.5 Å². The number of hydrogen-bond donors (Lipinski definition) is 0. The average Bonchev–Trinajstić information content (AvgIpc) is 2.64. The van der Waals surface area contributed by atoms with Gasteiger partial charge in [-0.3, -0.25) is 9.59 Å². The lowest BCUT2D eigenvalue weighted by Gasteiger charge is -2.16. The number of amides is 1. The van der Waals surface area contributed by atoms with Crippen LogP contribution < -0.4 is 4.90 Å². The minimum atomic E-state index is -0.548. The summed E-state index contributed by atoms with van der Waals surface area (Å²) in [7, 11) is 0. The highest BCUT2D eigenvalue weighted by atomic mass is 79.9. The molecule has 108 valence electrons. The molecule has 0 radical (unpaired) electrons. The minimum Gasteiger partial charge on any atom is -0.305 e. The fourth-order valence-electron chi connectivity index (χ4n) is 2.38. The molecule has 0 saturated carbocycles. The van der Waals surface area contributed by atoms with Crippen molar-refractivity contribution in [2.24, 2.45) is 0 Å². The molecule has 0 spiro atoms. The zero-order valence-electron chi connectivity index (χ0n) is 11.4. The molecule has 5 heteroatoms. The molecule has 1 aliphatic heterocycles. The van der Waals surface area contributed by atoms with Gasteiger partial charge < -0.3 is 4.90 Å². The molecule has 20 heavy (non-hydrogen) atoms. The zero-order chi connectivity index (χ0) is 14.7. The standard InChI is InChI=1S/C15H17BrFNO2/c1-2-3-4-5-6-7-18-13-9-12(17)11(16)8-10(13)14(19)15(18)20/h8-9H,2-7H2,1H3. The van der Waals surface area contributed by atoms with E-state index in [2.05, 4.69) is 22.9 Å².